The van der Waals surface area contributed by atoms with Crippen molar-refractivity contribution in [3.05, 3.63) is 48.0 Å². The van der Waals surface area contributed by atoms with Crippen LogP contribution in [0.5, 0.6) is 0 Å². The van der Waals surface area contributed by atoms with Crippen LogP contribution in [0.4, 0.5) is 0 Å². The molecule has 0 saturated heterocycles. The van der Waals surface area contributed by atoms with Crippen LogP contribution in [0, 0.1) is 11.8 Å². The van der Waals surface area contributed by atoms with Gasteiger partial charge in [-0.2, -0.15) is 0 Å². The lowest BCUT2D eigenvalue weighted by Crippen LogP contribution is -2.26. The number of nitrogens with two attached hydrogens (primary N) is 1. The number of carbonyl (C=O) groups is 1. The molecule has 0 bridgehead atoms. The molecule has 2 unspecified atom stereocenters. The smallest absolute Gasteiger partial charge is 0.330 e. The number of aliphatic hydroxyl groups is 2. The van der Waals surface area contributed by atoms with Crippen LogP contribution >= 0.6 is 7.60 Å². The molecule has 0 spiro atoms. The van der Waals surface area contributed by atoms with Crippen molar-refractivity contribution in [2.24, 2.45) is 17.6 Å². The summed E-state index contributed by atoms with van der Waals surface area (Å²) >= 11 is 0. The number of amides is 1. The molecule has 0 aliphatic heterocycles. The minimum Gasteiger partial charge on any atom is -0.393 e. The summed E-state index contributed by atoms with van der Waals surface area (Å²) < 4.78 is 23.8. The van der Waals surface area contributed by atoms with Gasteiger partial charge in [0.05, 0.1) is 25.0 Å². The van der Waals surface area contributed by atoms with Crippen molar-refractivity contribution in [3.63, 3.8) is 0 Å². The Morgan fingerprint density at radius 1 is 1.20 bits per heavy atom. The highest BCUT2D eigenvalue weighted by molar-refractivity contribution is 7.53. The van der Waals surface area contributed by atoms with Crippen LogP contribution in [0.3, 0.4) is 0 Å². The molecule has 1 aromatic rings. The van der Waals surface area contributed by atoms with E-state index in [0.29, 0.717) is 25.7 Å². The van der Waals surface area contributed by atoms with Gasteiger partial charge < -0.3 is 25.0 Å². The largest absolute Gasteiger partial charge is 0.393 e. The van der Waals surface area contributed by atoms with Gasteiger partial charge in [-0.05, 0) is 43.6 Å². The van der Waals surface area contributed by atoms with E-state index in [1.54, 1.807) is 0 Å². The molecule has 1 aliphatic rings. The van der Waals surface area contributed by atoms with Crippen molar-refractivity contribution in [2.45, 2.75) is 50.7 Å². The SMILES string of the molecule is COP(=O)(CCc1ccccc1)OC[C@@H]1C(CC=CCCCC(N)=O)[C@@H](O)C[C@H]1O. The van der Waals surface area contributed by atoms with Gasteiger partial charge in [0.2, 0.25) is 5.91 Å². The van der Waals surface area contributed by atoms with E-state index in [-0.39, 0.29) is 36.9 Å². The van der Waals surface area contributed by atoms with E-state index >= 15 is 0 Å². The summed E-state index contributed by atoms with van der Waals surface area (Å²) in [6.07, 6.45) is 5.98. The maximum atomic E-state index is 13.0. The van der Waals surface area contributed by atoms with Gasteiger partial charge in [0.15, 0.2) is 0 Å². The summed E-state index contributed by atoms with van der Waals surface area (Å²) in [6, 6.07) is 9.70. The average molecular weight is 439 g/mol. The highest BCUT2D eigenvalue weighted by Gasteiger charge is 2.42. The van der Waals surface area contributed by atoms with Gasteiger partial charge in [-0.25, -0.2) is 0 Å². The first-order valence-electron chi connectivity index (χ1n) is 10.5. The number of hydrogen-bond acceptors (Lipinski definition) is 6. The number of hydrogen-bond donors (Lipinski definition) is 3. The maximum absolute atomic E-state index is 13.0. The van der Waals surface area contributed by atoms with Gasteiger partial charge in [0.25, 0.3) is 0 Å². The molecule has 2 rings (SSSR count). The third kappa shape index (κ3) is 7.97. The second-order valence-electron chi connectivity index (χ2n) is 7.81. The third-order valence-electron chi connectivity index (χ3n) is 5.65. The number of rotatable bonds is 13. The summed E-state index contributed by atoms with van der Waals surface area (Å²) in [5.41, 5.74) is 6.17. The zero-order valence-electron chi connectivity index (χ0n) is 17.6. The number of aliphatic hydroxyl groups excluding tert-OH is 2. The number of carbonyl (C=O) groups excluding carboxylic acids is 1. The molecular weight excluding hydrogens is 405 g/mol. The monoisotopic (exact) mass is 439 g/mol. The molecular formula is C22H34NO6P. The lowest BCUT2D eigenvalue weighted by atomic mass is 9.91. The Morgan fingerprint density at radius 3 is 2.57 bits per heavy atom. The van der Waals surface area contributed by atoms with Crippen LogP contribution in [-0.2, 0) is 24.8 Å². The summed E-state index contributed by atoms with van der Waals surface area (Å²) in [5, 5.41) is 20.7. The van der Waals surface area contributed by atoms with Crippen LogP contribution in [0.1, 0.15) is 37.7 Å². The van der Waals surface area contributed by atoms with Crippen molar-refractivity contribution < 1.29 is 28.6 Å². The van der Waals surface area contributed by atoms with Crippen molar-refractivity contribution in [3.8, 4) is 0 Å². The van der Waals surface area contributed by atoms with Crippen molar-refractivity contribution >= 4 is 13.5 Å². The molecule has 7 nitrogen and oxygen atoms in total. The van der Waals surface area contributed by atoms with E-state index in [0.717, 1.165) is 12.0 Å². The van der Waals surface area contributed by atoms with Crippen molar-refractivity contribution in [2.75, 3.05) is 19.9 Å². The Kier molecular flexibility index (Phi) is 10.2. The second-order valence-corrected chi connectivity index (χ2v) is 10.1. The van der Waals surface area contributed by atoms with E-state index < -0.39 is 19.8 Å². The third-order valence-corrected chi connectivity index (χ3v) is 7.52. The summed E-state index contributed by atoms with van der Waals surface area (Å²) in [6.45, 7) is 0.0678. The van der Waals surface area contributed by atoms with Crippen LogP contribution < -0.4 is 5.73 Å². The van der Waals surface area contributed by atoms with Gasteiger partial charge in [-0.15, -0.1) is 0 Å². The normalized spacial score (nSPS) is 26.1. The fraction of sp³-hybridized carbons (Fsp3) is 0.591. The Morgan fingerprint density at radius 2 is 1.90 bits per heavy atom. The Labute approximate surface area is 178 Å². The molecule has 168 valence electrons. The molecule has 8 heteroatoms. The topological polar surface area (TPSA) is 119 Å². The molecule has 1 amide bonds. The number of allylic oxidation sites excluding steroid dienone is 2. The van der Waals surface area contributed by atoms with Gasteiger partial charge in [0, 0.05) is 19.4 Å². The minimum absolute atomic E-state index is 0.0678. The maximum Gasteiger partial charge on any atom is 0.330 e. The Balaban J connectivity index is 1.87. The average Bonchev–Trinajstić information content (AvgIpc) is 3.00. The fourth-order valence-electron chi connectivity index (χ4n) is 3.82. The molecule has 1 fully saturated rings. The van der Waals surface area contributed by atoms with Crippen LogP contribution in [0.25, 0.3) is 0 Å². The van der Waals surface area contributed by atoms with Crippen LogP contribution in [0.2, 0.25) is 0 Å². The van der Waals surface area contributed by atoms with Crippen molar-refractivity contribution in [1.82, 2.24) is 0 Å². The minimum atomic E-state index is -3.30. The standard InChI is InChI=1S/C22H34NO6P/c1-28-30(27,14-13-17-9-5-4-6-10-17)29-16-19-18(20(24)15-21(19)25)11-7-2-3-8-12-22(23)26/h2,4-7,9-10,18-21,24-25H,3,8,11-16H2,1H3,(H2,23,26)/t18?,19-,20+,21-,30?/m1/s1. The number of aryl methyl sites for hydroxylation is 1. The summed E-state index contributed by atoms with van der Waals surface area (Å²) in [5.74, 6) is -0.827. The molecule has 5 atom stereocenters. The zero-order chi connectivity index (χ0) is 22.0. The molecule has 0 heterocycles. The first-order chi connectivity index (χ1) is 14.3. The Hall–Kier alpha value is -1.50. The van der Waals surface area contributed by atoms with E-state index in [1.165, 1.54) is 7.11 Å². The zero-order valence-corrected chi connectivity index (χ0v) is 18.5. The number of primary amides is 1. The van der Waals surface area contributed by atoms with Crippen LogP contribution in [0.15, 0.2) is 42.5 Å². The number of unbranched alkanes of at least 4 members (excludes halogenated alkanes) is 1. The highest BCUT2D eigenvalue weighted by atomic mass is 31.2. The van der Waals surface area contributed by atoms with E-state index in [2.05, 4.69) is 0 Å². The van der Waals surface area contributed by atoms with Crippen molar-refractivity contribution in [1.29, 1.82) is 0 Å². The fourth-order valence-corrected chi connectivity index (χ4v) is 5.17. The van der Waals surface area contributed by atoms with Gasteiger partial charge in [-0.1, -0.05) is 42.5 Å². The molecule has 30 heavy (non-hydrogen) atoms. The molecule has 4 N–H and O–H groups in total. The van der Waals surface area contributed by atoms with Crippen LogP contribution in [-0.4, -0.2) is 48.2 Å². The molecule has 0 aromatic heterocycles. The first kappa shape index (κ1) is 24.8. The molecule has 1 aromatic carbocycles. The molecule has 1 aliphatic carbocycles. The van der Waals surface area contributed by atoms with E-state index in [9.17, 15) is 19.6 Å². The van der Waals surface area contributed by atoms with E-state index in [4.69, 9.17) is 14.8 Å². The lowest BCUT2D eigenvalue weighted by Gasteiger charge is -2.25. The quantitative estimate of drug-likeness (QED) is 0.247. The second kappa shape index (κ2) is 12.4. The van der Waals surface area contributed by atoms with E-state index in [1.807, 2.05) is 42.5 Å². The predicted molar refractivity (Wildman–Crippen MR) is 116 cm³/mol. The highest BCUT2D eigenvalue weighted by Crippen LogP contribution is 2.49. The van der Waals surface area contributed by atoms with Gasteiger partial charge in [-0.3, -0.25) is 9.36 Å². The summed E-state index contributed by atoms with van der Waals surface area (Å²) in [7, 11) is -1.92. The van der Waals surface area contributed by atoms with Gasteiger partial charge in [0.1, 0.15) is 0 Å². The number of benzene rings is 1. The van der Waals surface area contributed by atoms with Gasteiger partial charge >= 0.3 is 7.60 Å². The lowest BCUT2D eigenvalue weighted by molar-refractivity contribution is -0.118. The molecule has 1 saturated carbocycles. The first-order valence-corrected chi connectivity index (χ1v) is 12.2. The Bertz CT molecular complexity index is 726. The molecule has 0 radical (unpaired) electrons. The summed E-state index contributed by atoms with van der Waals surface area (Å²) in [4.78, 5) is 10.8. The predicted octanol–water partition coefficient (Wildman–Crippen LogP) is 3.05.